The molecule has 1 N–H and O–H groups in total. The molecule has 0 saturated heterocycles. The van der Waals surface area contributed by atoms with Crippen molar-refractivity contribution in [3.63, 3.8) is 0 Å². The Bertz CT molecular complexity index is 560. The fourth-order valence-corrected chi connectivity index (χ4v) is 2.32. The number of carbonyl (C=O) groups excluding carboxylic acids is 1. The minimum Gasteiger partial charge on any atom is -0.350 e. The van der Waals surface area contributed by atoms with Gasteiger partial charge in [-0.3, -0.25) is 4.79 Å². The number of hydrogen-bond donors (Lipinski definition) is 1. The van der Waals surface area contributed by atoms with Crippen molar-refractivity contribution in [3.8, 4) is 0 Å². The van der Waals surface area contributed by atoms with Gasteiger partial charge in [-0.15, -0.1) is 21.5 Å². The number of aromatic nitrogens is 4. The molecular weight excluding hydrogens is 262 g/mol. The predicted molar refractivity (Wildman–Crippen MR) is 73.3 cm³/mol. The number of amides is 1. The SMILES string of the molecule is Cc1nc(C(=O)NCCc2nncn2C(C)C)cs1. The first-order valence-electron chi connectivity index (χ1n) is 6.16. The van der Waals surface area contributed by atoms with Crippen LogP contribution in [0.2, 0.25) is 0 Å². The van der Waals surface area contributed by atoms with Crippen molar-refractivity contribution < 1.29 is 4.79 Å². The van der Waals surface area contributed by atoms with Crippen molar-refractivity contribution in [1.29, 1.82) is 0 Å². The lowest BCUT2D eigenvalue weighted by molar-refractivity contribution is 0.0949. The molecule has 0 radical (unpaired) electrons. The lowest BCUT2D eigenvalue weighted by atomic mass is 10.3. The Labute approximate surface area is 115 Å². The van der Waals surface area contributed by atoms with E-state index in [1.807, 2.05) is 11.5 Å². The van der Waals surface area contributed by atoms with E-state index in [0.29, 0.717) is 24.7 Å². The maximum Gasteiger partial charge on any atom is 0.270 e. The third kappa shape index (κ3) is 3.37. The average Bonchev–Trinajstić information content (AvgIpc) is 2.97. The number of thiazole rings is 1. The summed E-state index contributed by atoms with van der Waals surface area (Å²) in [7, 11) is 0. The molecule has 2 aromatic rings. The van der Waals surface area contributed by atoms with Gasteiger partial charge in [0.2, 0.25) is 0 Å². The summed E-state index contributed by atoms with van der Waals surface area (Å²) in [6.07, 6.45) is 2.37. The number of nitrogens with zero attached hydrogens (tertiary/aromatic N) is 4. The second-order valence-corrected chi connectivity index (χ2v) is 5.57. The van der Waals surface area contributed by atoms with Crippen molar-refractivity contribution in [3.05, 3.63) is 28.2 Å². The van der Waals surface area contributed by atoms with Crippen LogP contribution in [0.5, 0.6) is 0 Å². The minimum absolute atomic E-state index is 0.139. The predicted octanol–water partition coefficient (Wildman–Crippen LogP) is 1.60. The summed E-state index contributed by atoms with van der Waals surface area (Å²) in [6, 6.07) is 0.321. The third-order valence-electron chi connectivity index (χ3n) is 2.69. The number of nitrogens with one attached hydrogen (secondary N) is 1. The molecule has 0 aliphatic carbocycles. The first kappa shape index (κ1) is 13.7. The van der Waals surface area contributed by atoms with Crippen LogP contribution in [0.25, 0.3) is 0 Å². The van der Waals surface area contributed by atoms with Gasteiger partial charge in [-0.05, 0) is 20.8 Å². The molecule has 0 spiro atoms. The summed E-state index contributed by atoms with van der Waals surface area (Å²) in [5.74, 6) is 0.740. The van der Waals surface area contributed by atoms with Gasteiger partial charge in [0.25, 0.3) is 5.91 Å². The fourth-order valence-electron chi connectivity index (χ4n) is 1.72. The van der Waals surface area contributed by atoms with Crippen LogP contribution in [-0.2, 0) is 6.42 Å². The van der Waals surface area contributed by atoms with E-state index < -0.39 is 0 Å². The second kappa shape index (κ2) is 5.92. The third-order valence-corrected chi connectivity index (χ3v) is 3.46. The van der Waals surface area contributed by atoms with Gasteiger partial charge in [0, 0.05) is 24.4 Å². The Balaban J connectivity index is 1.86. The molecule has 2 heterocycles. The summed E-state index contributed by atoms with van der Waals surface area (Å²) >= 11 is 1.47. The van der Waals surface area contributed by atoms with E-state index in [9.17, 15) is 4.79 Å². The van der Waals surface area contributed by atoms with Gasteiger partial charge in [0.1, 0.15) is 17.8 Å². The van der Waals surface area contributed by atoms with Crippen molar-refractivity contribution in [1.82, 2.24) is 25.1 Å². The highest BCUT2D eigenvalue weighted by Gasteiger charge is 2.10. The van der Waals surface area contributed by atoms with Gasteiger partial charge in [-0.1, -0.05) is 0 Å². The van der Waals surface area contributed by atoms with Gasteiger partial charge in [-0.25, -0.2) is 4.98 Å². The molecule has 0 aliphatic heterocycles. The molecule has 0 saturated carbocycles. The maximum atomic E-state index is 11.8. The quantitative estimate of drug-likeness (QED) is 0.902. The zero-order valence-corrected chi connectivity index (χ0v) is 12.1. The lowest BCUT2D eigenvalue weighted by Crippen LogP contribution is -2.26. The van der Waals surface area contributed by atoms with Crippen molar-refractivity contribution in [2.24, 2.45) is 0 Å². The molecule has 2 aromatic heterocycles. The summed E-state index contributed by atoms with van der Waals surface area (Å²) in [4.78, 5) is 15.9. The van der Waals surface area contributed by atoms with Gasteiger partial charge in [0.15, 0.2) is 0 Å². The van der Waals surface area contributed by atoms with Crippen LogP contribution in [0.4, 0.5) is 0 Å². The number of carbonyl (C=O) groups is 1. The minimum atomic E-state index is -0.139. The van der Waals surface area contributed by atoms with E-state index in [2.05, 4.69) is 34.3 Å². The van der Waals surface area contributed by atoms with Crippen LogP contribution in [0.3, 0.4) is 0 Å². The van der Waals surface area contributed by atoms with Crippen molar-refractivity contribution in [2.75, 3.05) is 6.54 Å². The van der Waals surface area contributed by atoms with E-state index >= 15 is 0 Å². The van der Waals surface area contributed by atoms with Crippen molar-refractivity contribution in [2.45, 2.75) is 33.2 Å². The van der Waals surface area contributed by atoms with Crippen LogP contribution in [0.15, 0.2) is 11.7 Å². The van der Waals surface area contributed by atoms with Crippen LogP contribution in [0.1, 0.15) is 41.2 Å². The van der Waals surface area contributed by atoms with E-state index in [4.69, 9.17) is 0 Å². The Kier molecular flexibility index (Phi) is 4.26. The first-order valence-corrected chi connectivity index (χ1v) is 7.04. The van der Waals surface area contributed by atoms with Gasteiger partial charge in [-0.2, -0.15) is 0 Å². The smallest absolute Gasteiger partial charge is 0.270 e. The van der Waals surface area contributed by atoms with Crippen molar-refractivity contribution >= 4 is 17.2 Å². The Morgan fingerprint density at radius 2 is 2.32 bits per heavy atom. The van der Waals surface area contributed by atoms with Crippen LogP contribution < -0.4 is 5.32 Å². The maximum absolute atomic E-state index is 11.8. The molecule has 0 aromatic carbocycles. The Hall–Kier alpha value is -1.76. The topological polar surface area (TPSA) is 72.7 Å². The van der Waals surface area contributed by atoms with Crippen LogP contribution >= 0.6 is 11.3 Å². The zero-order chi connectivity index (χ0) is 13.8. The van der Waals surface area contributed by atoms with Gasteiger partial charge >= 0.3 is 0 Å². The molecule has 0 bridgehead atoms. The molecule has 1 amide bonds. The van der Waals surface area contributed by atoms with E-state index in [1.54, 1.807) is 11.7 Å². The van der Waals surface area contributed by atoms with Crippen LogP contribution in [0, 0.1) is 6.92 Å². The number of hydrogen-bond acceptors (Lipinski definition) is 5. The second-order valence-electron chi connectivity index (χ2n) is 4.51. The molecule has 0 aliphatic rings. The summed E-state index contributed by atoms with van der Waals surface area (Å²) in [5.41, 5.74) is 0.479. The molecule has 19 heavy (non-hydrogen) atoms. The summed E-state index contributed by atoms with van der Waals surface area (Å²) in [5, 5.41) is 13.5. The van der Waals surface area contributed by atoms with E-state index in [1.165, 1.54) is 11.3 Å². The lowest BCUT2D eigenvalue weighted by Gasteiger charge is -2.09. The van der Waals surface area contributed by atoms with Crippen LogP contribution in [-0.4, -0.2) is 32.2 Å². The highest BCUT2D eigenvalue weighted by atomic mass is 32.1. The van der Waals surface area contributed by atoms with E-state index in [-0.39, 0.29) is 5.91 Å². The molecule has 0 fully saturated rings. The highest BCUT2D eigenvalue weighted by molar-refractivity contribution is 7.09. The number of rotatable bonds is 5. The average molecular weight is 279 g/mol. The summed E-state index contributed by atoms with van der Waals surface area (Å²) in [6.45, 7) is 6.56. The number of aryl methyl sites for hydroxylation is 1. The van der Waals surface area contributed by atoms with Gasteiger partial charge < -0.3 is 9.88 Å². The monoisotopic (exact) mass is 279 g/mol. The highest BCUT2D eigenvalue weighted by Crippen LogP contribution is 2.08. The molecule has 6 nitrogen and oxygen atoms in total. The molecule has 0 atom stereocenters. The molecule has 0 unspecified atom stereocenters. The Morgan fingerprint density at radius 1 is 1.53 bits per heavy atom. The van der Waals surface area contributed by atoms with Gasteiger partial charge in [0.05, 0.1) is 5.01 Å². The first-order chi connectivity index (χ1) is 9.08. The molecule has 7 heteroatoms. The zero-order valence-electron chi connectivity index (χ0n) is 11.3. The Morgan fingerprint density at radius 3 is 2.95 bits per heavy atom. The van der Waals surface area contributed by atoms with E-state index in [0.717, 1.165) is 10.8 Å². The molecular formula is C12H17N5OS. The normalized spacial score (nSPS) is 10.9. The summed E-state index contributed by atoms with van der Waals surface area (Å²) < 4.78 is 2.00. The largest absolute Gasteiger partial charge is 0.350 e. The molecule has 2 rings (SSSR count). The molecule has 102 valence electrons. The standard InChI is InChI=1S/C12H17N5OS/c1-8(2)17-7-14-16-11(17)4-5-13-12(18)10-6-19-9(3)15-10/h6-8H,4-5H2,1-3H3,(H,13,18). The fraction of sp³-hybridized carbons (Fsp3) is 0.500.